The van der Waals surface area contributed by atoms with Gasteiger partial charge in [0.15, 0.2) is 0 Å². The Morgan fingerprint density at radius 1 is 1.00 bits per heavy atom. The molecule has 5 rings (SSSR count). The van der Waals surface area contributed by atoms with E-state index in [1.807, 2.05) is 67.1 Å². The van der Waals surface area contributed by atoms with Gasteiger partial charge in [0.2, 0.25) is 0 Å². The van der Waals surface area contributed by atoms with Gasteiger partial charge >= 0.3 is 0 Å². The minimum Gasteiger partial charge on any atom is -0.360 e. The number of H-pyrrole nitrogens is 1. The van der Waals surface area contributed by atoms with Gasteiger partial charge in [0.25, 0.3) is 0 Å². The summed E-state index contributed by atoms with van der Waals surface area (Å²) in [7, 11) is 0. The van der Waals surface area contributed by atoms with E-state index in [4.69, 9.17) is 28.2 Å². The van der Waals surface area contributed by atoms with Gasteiger partial charge in [-0.05, 0) is 36.8 Å². The maximum Gasteiger partial charge on any atom is 0.142 e. The molecule has 0 saturated heterocycles. The van der Waals surface area contributed by atoms with E-state index in [-0.39, 0.29) is 11.1 Å². The number of fused-ring (bicyclic) bond motifs is 1. The van der Waals surface area contributed by atoms with Crippen LogP contribution in [0.2, 0.25) is 10.0 Å². The van der Waals surface area contributed by atoms with Crippen LogP contribution in [0.5, 0.6) is 0 Å². The van der Waals surface area contributed by atoms with Crippen molar-refractivity contribution in [2.24, 2.45) is 0 Å². The lowest BCUT2D eigenvalue weighted by Gasteiger charge is -2.18. The fraction of sp³-hybridized carbons (Fsp3) is 0.0800. The second-order valence-electron chi connectivity index (χ2n) is 7.46. The van der Waals surface area contributed by atoms with Crippen LogP contribution in [0, 0.1) is 5.82 Å². The molecule has 0 bridgehead atoms. The number of nitrogens with zero attached hydrogens (tertiary/aromatic N) is 2. The molecule has 31 heavy (non-hydrogen) atoms. The third-order valence-corrected chi connectivity index (χ3v) is 6.13. The average molecular weight is 450 g/mol. The molecule has 0 fully saturated rings. The maximum absolute atomic E-state index is 14.4. The summed E-state index contributed by atoms with van der Waals surface area (Å²) in [6.07, 6.45) is 3.72. The lowest BCUT2D eigenvalue weighted by molar-refractivity contribution is 0.630. The largest absolute Gasteiger partial charge is 0.360 e. The molecule has 5 aromatic rings. The molecule has 0 aliphatic heterocycles. The van der Waals surface area contributed by atoms with Gasteiger partial charge in [-0.15, -0.1) is 0 Å². The molecule has 6 heteroatoms. The van der Waals surface area contributed by atoms with Crippen molar-refractivity contribution in [2.75, 3.05) is 0 Å². The van der Waals surface area contributed by atoms with E-state index in [1.54, 1.807) is 6.07 Å². The molecule has 3 aromatic carbocycles. The van der Waals surface area contributed by atoms with Crippen molar-refractivity contribution in [3.8, 4) is 22.5 Å². The molecule has 2 aromatic heterocycles. The van der Waals surface area contributed by atoms with Crippen molar-refractivity contribution in [3.05, 3.63) is 101 Å². The van der Waals surface area contributed by atoms with Crippen LogP contribution in [0.25, 0.3) is 33.4 Å². The molecular formula is C25H18Cl2FN3. The monoisotopic (exact) mass is 449 g/mol. The van der Waals surface area contributed by atoms with Crippen molar-refractivity contribution in [2.45, 2.75) is 13.0 Å². The van der Waals surface area contributed by atoms with Gasteiger partial charge < -0.3 is 9.55 Å². The van der Waals surface area contributed by atoms with Crippen molar-refractivity contribution in [3.63, 3.8) is 0 Å². The summed E-state index contributed by atoms with van der Waals surface area (Å²) in [4.78, 5) is 7.98. The van der Waals surface area contributed by atoms with Crippen LogP contribution in [0.1, 0.15) is 18.5 Å². The number of aromatic amines is 1. The molecule has 0 aliphatic rings. The van der Waals surface area contributed by atoms with Gasteiger partial charge in [-0.3, -0.25) is 0 Å². The van der Waals surface area contributed by atoms with Gasteiger partial charge in [0, 0.05) is 33.2 Å². The Labute approximate surface area is 189 Å². The molecule has 0 saturated carbocycles. The number of halogens is 3. The number of imidazole rings is 1. The summed E-state index contributed by atoms with van der Waals surface area (Å²) in [5.74, 6) is -0.451. The minimum absolute atomic E-state index is 0.0145. The first-order valence-electron chi connectivity index (χ1n) is 9.87. The smallest absolute Gasteiger partial charge is 0.142 e. The summed E-state index contributed by atoms with van der Waals surface area (Å²) in [6.45, 7) is 2.11. The van der Waals surface area contributed by atoms with Crippen molar-refractivity contribution in [1.29, 1.82) is 0 Å². The lowest BCUT2D eigenvalue weighted by atomic mass is 10.0. The van der Waals surface area contributed by atoms with E-state index in [9.17, 15) is 4.39 Å². The van der Waals surface area contributed by atoms with E-state index in [1.165, 1.54) is 6.07 Å². The van der Waals surface area contributed by atoms with Crippen molar-refractivity contribution < 1.29 is 4.39 Å². The van der Waals surface area contributed by atoms with E-state index < -0.39 is 5.82 Å². The van der Waals surface area contributed by atoms with E-state index >= 15 is 0 Å². The number of aromatic nitrogens is 3. The predicted molar refractivity (Wildman–Crippen MR) is 125 cm³/mol. The molecule has 0 radical (unpaired) electrons. The molecule has 1 N–H and O–H groups in total. The molecule has 0 aliphatic carbocycles. The molecule has 3 nitrogen and oxygen atoms in total. The van der Waals surface area contributed by atoms with Gasteiger partial charge in [0.05, 0.1) is 28.8 Å². The first kappa shape index (κ1) is 19.9. The molecule has 0 amide bonds. The highest BCUT2D eigenvalue weighted by Gasteiger charge is 2.22. The fourth-order valence-electron chi connectivity index (χ4n) is 3.94. The summed E-state index contributed by atoms with van der Waals surface area (Å²) in [5, 5.41) is 1.53. The molecule has 0 unspecified atom stereocenters. The first-order valence-corrected chi connectivity index (χ1v) is 10.6. The Hall–Kier alpha value is -3.08. The molecule has 154 valence electrons. The van der Waals surface area contributed by atoms with Crippen LogP contribution in [0.15, 0.2) is 79.3 Å². The Morgan fingerprint density at radius 3 is 2.48 bits per heavy atom. The van der Waals surface area contributed by atoms with Gasteiger partial charge in [-0.25, -0.2) is 9.37 Å². The first-order chi connectivity index (χ1) is 15.0. The number of hydrogen-bond donors (Lipinski definition) is 1. The zero-order valence-corrected chi connectivity index (χ0v) is 18.1. The summed E-state index contributed by atoms with van der Waals surface area (Å²) >= 11 is 12.1. The molecule has 2 heterocycles. The lowest BCUT2D eigenvalue weighted by Crippen LogP contribution is -2.07. The number of hydrogen-bond acceptors (Lipinski definition) is 1. The highest BCUT2D eigenvalue weighted by atomic mass is 35.5. The van der Waals surface area contributed by atoms with Gasteiger partial charge in [-0.1, -0.05) is 65.7 Å². The van der Waals surface area contributed by atoms with Crippen LogP contribution < -0.4 is 0 Å². The van der Waals surface area contributed by atoms with Crippen LogP contribution in [0.4, 0.5) is 4.39 Å². The van der Waals surface area contributed by atoms with Crippen molar-refractivity contribution in [1.82, 2.24) is 14.5 Å². The number of rotatable bonds is 4. The quantitative estimate of drug-likeness (QED) is 0.298. The third-order valence-electron chi connectivity index (χ3n) is 5.59. The highest BCUT2D eigenvalue weighted by molar-refractivity contribution is 6.31. The van der Waals surface area contributed by atoms with E-state index in [2.05, 4.69) is 16.5 Å². The SMILES string of the molecule is C[C@@H](c1ccc(Cl)cc1)n1cnc(-c2ccccc2)c1-c1c[nH]c2cc(Cl)c(F)cc12. The van der Waals surface area contributed by atoms with Gasteiger partial charge in [-0.2, -0.15) is 0 Å². The van der Waals surface area contributed by atoms with E-state index in [0.29, 0.717) is 5.02 Å². The predicted octanol–water partition coefficient (Wildman–Crippen LogP) is 7.75. The van der Waals surface area contributed by atoms with Crippen LogP contribution >= 0.6 is 23.2 Å². The Kier molecular flexibility index (Phi) is 5.05. The standard InChI is InChI=1S/C25H18Cl2FN3/c1-15(16-7-9-18(26)10-8-16)31-14-30-24(17-5-3-2-4-6-17)25(31)20-13-29-23-12-21(27)22(28)11-19(20)23/h2-15,29H,1H3/t15-/m0/s1. The Balaban J connectivity index is 1.75. The zero-order chi connectivity index (χ0) is 21.5. The summed E-state index contributed by atoms with van der Waals surface area (Å²) in [5.41, 5.74) is 5.45. The second-order valence-corrected chi connectivity index (χ2v) is 8.30. The average Bonchev–Trinajstić information content (AvgIpc) is 3.38. The Morgan fingerprint density at radius 2 is 1.74 bits per heavy atom. The summed E-state index contributed by atoms with van der Waals surface area (Å²) in [6, 6.07) is 20.8. The van der Waals surface area contributed by atoms with Crippen LogP contribution in [-0.2, 0) is 0 Å². The Bertz CT molecular complexity index is 1370. The third kappa shape index (κ3) is 3.52. The van der Waals surface area contributed by atoms with Gasteiger partial charge in [0.1, 0.15) is 5.82 Å². The maximum atomic E-state index is 14.4. The molecule has 0 spiro atoms. The van der Waals surface area contributed by atoms with Crippen molar-refractivity contribution >= 4 is 34.1 Å². The highest BCUT2D eigenvalue weighted by Crippen LogP contribution is 2.39. The second kappa shape index (κ2) is 7.88. The fourth-order valence-corrected chi connectivity index (χ4v) is 4.23. The van der Waals surface area contributed by atoms with Crippen LogP contribution in [-0.4, -0.2) is 14.5 Å². The minimum atomic E-state index is -0.451. The summed E-state index contributed by atoms with van der Waals surface area (Å²) < 4.78 is 16.5. The van der Waals surface area contributed by atoms with Crippen LogP contribution in [0.3, 0.4) is 0 Å². The topological polar surface area (TPSA) is 33.6 Å². The zero-order valence-electron chi connectivity index (χ0n) is 16.6. The normalized spacial score (nSPS) is 12.4. The van der Waals surface area contributed by atoms with E-state index in [0.717, 1.165) is 39.0 Å². The number of benzene rings is 3. The number of nitrogens with one attached hydrogen (secondary N) is 1. The molecule has 1 atom stereocenters. The molecular weight excluding hydrogens is 432 g/mol.